The third-order valence-electron chi connectivity index (χ3n) is 3.95. The largest absolute Gasteiger partial charge is 0.320 e. The van der Waals surface area contributed by atoms with Crippen molar-refractivity contribution < 1.29 is 0 Å². The smallest absolute Gasteiger partial charge is 0.0300 e. The molecule has 1 N–H and O–H groups in total. The van der Waals surface area contributed by atoms with Gasteiger partial charge in [0.1, 0.15) is 0 Å². The van der Waals surface area contributed by atoms with Crippen LogP contribution in [0, 0.1) is 5.92 Å². The van der Waals surface area contributed by atoms with Gasteiger partial charge in [-0.1, -0.05) is 6.07 Å². The number of pyridine rings is 1. The lowest BCUT2D eigenvalue weighted by molar-refractivity contribution is 0.181. The van der Waals surface area contributed by atoms with Crippen molar-refractivity contribution >= 4 is 0 Å². The lowest BCUT2D eigenvalue weighted by atomic mass is 9.93. The number of piperidine rings is 1. The monoisotopic (exact) mass is 247 g/mol. The highest BCUT2D eigenvalue weighted by molar-refractivity contribution is 5.08. The van der Waals surface area contributed by atoms with Crippen LogP contribution < -0.4 is 5.32 Å². The minimum atomic E-state index is 0.937. The van der Waals surface area contributed by atoms with Crippen molar-refractivity contribution in [1.29, 1.82) is 0 Å². The van der Waals surface area contributed by atoms with Gasteiger partial charge in [-0.25, -0.2) is 0 Å². The molecule has 3 nitrogen and oxygen atoms in total. The molecule has 18 heavy (non-hydrogen) atoms. The van der Waals surface area contributed by atoms with E-state index in [0.29, 0.717) is 0 Å². The highest BCUT2D eigenvalue weighted by Crippen LogP contribution is 2.20. The Balaban J connectivity index is 1.65. The van der Waals surface area contributed by atoms with E-state index in [1.54, 1.807) is 0 Å². The Bertz CT molecular complexity index is 318. The average Bonchev–Trinajstić information content (AvgIpc) is 2.45. The van der Waals surface area contributed by atoms with E-state index in [0.717, 1.165) is 12.3 Å². The standard InChI is InChI=1S/C15H25N3/c1-16-9-4-14-5-10-18(11-6-14)12-7-15-3-2-8-17-13-15/h2-3,8,13-14,16H,4-7,9-12H2,1H3. The zero-order valence-electron chi connectivity index (χ0n) is 11.4. The van der Waals surface area contributed by atoms with Gasteiger partial charge in [-0.2, -0.15) is 0 Å². The fourth-order valence-electron chi connectivity index (χ4n) is 2.68. The molecule has 1 aliphatic rings. The Kier molecular flexibility index (Phi) is 5.62. The Morgan fingerprint density at radius 3 is 2.89 bits per heavy atom. The Morgan fingerprint density at radius 1 is 1.39 bits per heavy atom. The van der Waals surface area contributed by atoms with Gasteiger partial charge in [-0.15, -0.1) is 0 Å². The summed E-state index contributed by atoms with van der Waals surface area (Å²) in [4.78, 5) is 6.77. The zero-order chi connectivity index (χ0) is 12.6. The van der Waals surface area contributed by atoms with Crippen molar-refractivity contribution in [2.75, 3.05) is 33.2 Å². The number of hydrogen-bond acceptors (Lipinski definition) is 3. The minimum Gasteiger partial charge on any atom is -0.320 e. The molecule has 0 atom stereocenters. The number of rotatable bonds is 6. The summed E-state index contributed by atoms with van der Waals surface area (Å²) in [6, 6.07) is 4.20. The van der Waals surface area contributed by atoms with Gasteiger partial charge in [-0.3, -0.25) is 4.98 Å². The second kappa shape index (κ2) is 7.49. The Morgan fingerprint density at radius 2 is 2.22 bits per heavy atom. The van der Waals surface area contributed by atoms with E-state index in [9.17, 15) is 0 Å². The first-order valence-corrected chi connectivity index (χ1v) is 7.14. The van der Waals surface area contributed by atoms with Crippen LogP contribution in [0.1, 0.15) is 24.8 Å². The van der Waals surface area contributed by atoms with Gasteiger partial charge in [0.05, 0.1) is 0 Å². The molecule has 100 valence electrons. The summed E-state index contributed by atoms with van der Waals surface area (Å²) in [5, 5.41) is 3.25. The van der Waals surface area contributed by atoms with Gasteiger partial charge in [-0.05, 0) is 69.9 Å². The summed E-state index contributed by atoms with van der Waals surface area (Å²) >= 11 is 0. The molecule has 3 heteroatoms. The highest BCUT2D eigenvalue weighted by Gasteiger charge is 2.18. The van der Waals surface area contributed by atoms with E-state index in [1.165, 1.54) is 51.0 Å². The topological polar surface area (TPSA) is 28.2 Å². The predicted octanol–water partition coefficient (Wildman–Crippen LogP) is 1.95. The first-order chi connectivity index (χ1) is 8.88. The first-order valence-electron chi connectivity index (χ1n) is 7.14. The summed E-state index contributed by atoms with van der Waals surface area (Å²) < 4.78 is 0. The molecule has 0 aliphatic carbocycles. The summed E-state index contributed by atoms with van der Waals surface area (Å²) in [6.07, 6.45) is 9.04. The maximum atomic E-state index is 4.17. The van der Waals surface area contributed by atoms with Crippen molar-refractivity contribution in [3.63, 3.8) is 0 Å². The van der Waals surface area contributed by atoms with Crippen molar-refractivity contribution in [3.05, 3.63) is 30.1 Å². The normalized spacial score (nSPS) is 18.1. The average molecular weight is 247 g/mol. The lowest BCUT2D eigenvalue weighted by Gasteiger charge is -2.31. The van der Waals surface area contributed by atoms with Crippen molar-refractivity contribution in [1.82, 2.24) is 15.2 Å². The molecule has 1 aromatic rings. The van der Waals surface area contributed by atoms with Crippen LogP contribution in [0.2, 0.25) is 0 Å². The number of aromatic nitrogens is 1. The fraction of sp³-hybridized carbons (Fsp3) is 0.667. The van der Waals surface area contributed by atoms with Gasteiger partial charge in [0, 0.05) is 18.9 Å². The summed E-state index contributed by atoms with van der Waals surface area (Å²) in [6.45, 7) is 4.90. The summed E-state index contributed by atoms with van der Waals surface area (Å²) in [5.74, 6) is 0.937. The van der Waals surface area contributed by atoms with Gasteiger partial charge in [0.25, 0.3) is 0 Å². The van der Waals surface area contributed by atoms with Crippen LogP contribution in [0.3, 0.4) is 0 Å². The van der Waals surface area contributed by atoms with Crippen LogP contribution in [-0.2, 0) is 6.42 Å². The van der Waals surface area contributed by atoms with Gasteiger partial charge >= 0.3 is 0 Å². The zero-order valence-corrected chi connectivity index (χ0v) is 11.4. The van der Waals surface area contributed by atoms with Crippen LogP contribution in [0.15, 0.2) is 24.5 Å². The molecular weight excluding hydrogens is 222 g/mol. The predicted molar refractivity (Wildman–Crippen MR) is 75.6 cm³/mol. The van der Waals surface area contributed by atoms with E-state index in [1.807, 2.05) is 25.5 Å². The van der Waals surface area contributed by atoms with E-state index in [4.69, 9.17) is 0 Å². The molecule has 1 saturated heterocycles. The third-order valence-corrected chi connectivity index (χ3v) is 3.95. The molecular formula is C15H25N3. The lowest BCUT2D eigenvalue weighted by Crippen LogP contribution is -2.35. The Labute approximate surface area is 111 Å². The van der Waals surface area contributed by atoms with Gasteiger partial charge in [0.15, 0.2) is 0 Å². The molecule has 2 rings (SSSR count). The molecule has 1 aliphatic heterocycles. The summed E-state index contributed by atoms with van der Waals surface area (Å²) in [5.41, 5.74) is 1.36. The molecule has 0 amide bonds. The Hall–Kier alpha value is -0.930. The number of likely N-dealkylation sites (tertiary alicyclic amines) is 1. The van der Waals surface area contributed by atoms with Crippen molar-refractivity contribution in [2.45, 2.75) is 25.7 Å². The maximum absolute atomic E-state index is 4.17. The van der Waals surface area contributed by atoms with E-state index in [-0.39, 0.29) is 0 Å². The van der Waals surface area contributed by atoms with Crippen LogP contribution in [-0.4, -0.2) is 43.1 Å². The second-order valence-electron chi connectivity index (χ2n) is 5.29. The molecule has 1 aromatic heterocycles. The van der Waals surface area contributed by atoms with Gasteiger partial charge in [0.2, 0.25) is 0 Å². The number of nitrogens with zero attached hydrogens (tertiary/aromatic N) is 2. The number of nitrogens with one attached hydrogen (secondary N) is 1. The molecule has 0 unspecified atom stereocenters. The molecule has 1 fully saturated rings. The maximum Gasteiger partial charge on any atom is 0.0300 e. The van der Waals surface area contributed by atoms with Gasteiger partial charge < -0.3 is 10.2 Å². The number of hydrogen-bond donors (Lipinski definition) is 1. The van der Waals surface area contributed by atoms with Crippen LogP contribution in [0.4, 0.5) is 0 Å². The molecule has 0 radical (unpaired) electrons. The van der Waals surface area contributed by atoms with E-state index < -0.39 is 0 Å². The van der Waals surface area contributed by atoms with Crippen LogP contribution in [0.5, 0.6) is 0 Å². The summed E-state index contributed by atoms with van der Waals surface area (Å²) in [7, 11) is 2.04. The highest BCUT2D eigenvalue weighted by atomic mass is 15.1. The molecule has 2 heterocycles. The van der Waals surface area contributed by atoms with E-state index in [2.05, 4.69) is 21.3 Å². The van der Waals surface area contributed by atoms with E-state index >= 15 is 0 Å². The SMILES string of the molecule is CNCCC1CCN(CCc2cccnc2)CC1. The molecule has 0 bridgehead atoms. The second-order valence-corrected chi connectivity index (χ2v) is 5.29. The van der Waals surface area contributed by atoms with Crippen LogP contribution in [0.25, 0.3) is 0 Å². The molecule has 0 aromatic carbocycles. The van der Waals surface area contributed by atoms with Crippen molar-refractivity contribution in [2.24, 2.45) is 5.92 Å². The fourth-order valence-corrected chi connectivity index (χ4v) is 2.68. The van der Waals surface area contributed by atoms with Crippen LogP contribution >= 0.6 is 0 Å². The molecule has 0 spiro atoms. The quantitative estimate of drug-likeness (QED) is 0.833. The third kappa shape index (κ3) is 4.39. The van der Waals surface area contributed by atoms with Crippen molar-refractivity contribution in [3.8, 4) is 0 Å². The minimum absolute atomic E-state index is 0.937. The first kappa shape index (κ1) is 13.5. The molecule has 0 saturated carbocycles.